The first kappa shape index (κ1) is 16.5. The van der Waals surface area contributed by atoms with Crippen LogP contribution >= 0.6 is 0 Å². The molecule has 1 heterocycles. The van der Waals surface area contributed by atoms with Gasteiger partial charge in [-0.25, -0.2) is 0 Å². The fourth-order valence-corrected chi connectivity index (χ4v) is 1.47. The molecule has 6 atom stereocenters. The van der Waals surface area contributed by atoms with Crippen LogP contribution in [0.25, 0.3) is 0 Å². The molecular formula is C10H18BO4Os. The largest absolute Gasteiger partial charge is 1.00 e. The molecule has 1 aliphatic heterocycles. The van der Waals surface area contributed by atoms with Gasteiger partial charge in [0.2, 0.25) is 0 Å². The van der Waals surface area contributed by atoms with Crippen LogP contribution in [0.5, 0.6) is 0 Å². The second kappa shape index (κ2) is 7.08. The van der Waals surface area contributed by atoms with Crippen molar-refractivity contribution in [2.45, 2.75) is 50.4 Å². The van der Waals surface area contributed by atoms with Crippen molar-refractivity contribution >= 4 is 7.85 Å². The van der Waals surface area contributed by atoms with E-state index in [1.54, 1.807) is 7.11 Å². The molecule has 1 rings (SSSR count). The molecule has 0 aromatic carbocycles. The average molecular weight is 403 g/mol. The summed E-state index contributed by atoms with van der Waals surface area (Å²) in [6.07, 6.45) is -2.08. The zero-order valence-corrected chi connectivity index (χ0v) is 12.3. The molecule has 0 amide bonds. The van der Waals surface area contributed by atoms with Crippen molar-refractivity contribution in [2.24, 2.45) is 0 Å². The molecule has 4 nitrogen and oxygen atoms in total. The number of hydrogen-bond acceptors (Lipinski definition) is 4. The summed E-state index contributed by atoms with van der Waals surface area (Å²) in [7, 11) is 7.27. The smallest absolute Gasteiger partial charge is 0.411 e. The van der Waals surface area contributed by atoms with Gasteiger partial charge in [-0.15, -0.1) is 0 Å². The van der Waals surface area contributed by atoms with E-state index in [-0.39, 0.29) is 32.0 Å². The van der Waals surface area contributed by atoms with Gasteiger partial charge in [-0.3, -0.25) is 0 Å². The van der Waals surface area contributed by atoms with Crippen LogP contribution in [0.4, 0.5) is 0 Å². The third-order valence-electron chi connectivity index (χ3n) is 2.78. The predicted octanol–water partition coefficient (Wildman–Crippen LogP) is -0.119. The fourth-order valence-electron chi connectivity index (χ4n) is 1.47. The van der Waals surface area contributed by atoms with E-state index in [9.17, 15) is 5.11 Å². The Bertz CT molecular complexity index is 207. The van der Waals surface area contributed by atoms with Crippen LogP contribution in [0.15, 0.2) is 0 Å². The Balaban J connectivity index is 0.00000225. The Morgan fingerprint density at radius 2 is 1.94 bits per heavy atom. The van der Waals surface area contributed by atoms with Crippen LogP contribution in [0.2, 0.25) is 0 Å². The number of aliphatic hydroxyl groups excluding tert-OH is 1. The van der Waals surface area contributed by atoms with Crippen molar-refractivity contribution in [1.82, 2.24) is 0 Å². The molecule has 1 fully saturated rings. The minimum absolute atomic E-state index is 0. The van der Waals surface area contributed by atoms with E-state index in [4.69, 9.17) is 22.1 Å². The van der Waals surface area contributed by atoms with Crippen LogP contribution in [0, 0.1) is 6.92 Å². The second-order valence-electron chi connectivity index (χ2n) is 3.88. The summed E-state index contributed by atoms with van der Waals surface area (Å²) < 4.78 is 15.9. The summed E-state index contributed by atoms with van der Waals surface area (Å²) >= 11 is 0. The first-order valence-corrected chi connectivity index (χ1v) is 5.07. The van der Waals surface area contributed by atoms with Gasteiger partial charge in [0, 0.05) is 13.1 Å². The third kappa shape index (κ3) is 3.79. The maximum atomic E-state index is 9.70. The van der Waals surface area contributed by atoms with Crippen LogP contribution in [-0.4, -0.2) is 56.6 Å². The van der Waals surface area contributed by atoms with Gasteiger partial charge in [0.15, 0.2) is 0 Å². The Kier molecular flexibility index (Phi) is 7.32. The SMILES string of the molecule is [B][C@@H]1O[C@H]([CH2-])C(O)C1O[C@@H](C)[C@H](C)OC.[Os+]. The first-order valence-electron chi connectivity index (χ1n) is 5.07. The van der Waals surface area contributed by atoms with Crippen molar-refractivity contribution < 1.29 is 39.1 Å². The average Bonchev–Trinajstić information content (AvgIpc) is 2.43. The van der Waals surface area contributed by atoms with Crippen molar-refractivity contribution in [3.05, 3.63) is 6.92 Å². The molecule has 1 saturated heterocycles. The fraction of sp³-hybridized carbons (Fsp3) is 0.900. The van der Waals surface area contributed by atoms with Gasteiger partial charge >= 0.3 is 19.8 Å². The summed E-state index contributed by atoms with van der Waals surface area (Å²) in [5.41, 5.74) is 0. The normalized spacial score (nSPS) is 37.8. The number of aliphatic hydroxyl groups is 1. The summed E-state index contributed by atoms with van der Waals surface area (Å²) in [4.78, 5) is 0. The standard InChI is InChI=1S/C10H18BO4.Os/c1-5(13-4)6(2)14-9-8(12)7(3)15-10(9)11;/h5-10,12H,3H2,1-2,4H3;/q-1;+1/t5-,6-,7+,8?,9?,10+;/m0./s1. The number of rotatable bonds is 4. The summed E-state index contributed by atoms with van der Waals surface area (Å²) in [6.45, 7) is 7.38. The van der Waals surface area contributed by atoms with E-state index < -0.39 is 24.3 Å². The molecule has 0 spiro atoms. The van der Waals surface area contributed by atoms with Crippen LogP contribution in [0.1, 0.15) is 13.8 Å². The van der Waals surface area contributed by atoms with E-state index in [0.29, 0.717) is 0 Å². The summed E-state index contributed by atoms with van der Waals surface area (Å²) in [5.74, 6) is 0. The molecule has 3 radical (unpaired) electrons. The molecule has 2 unspecified atom stereocenters. The van der Waals surface area contributed by atoms with E-state index in [2.05, 4.69) is 6.92 Å². The Morgan fingerprint density at radius 1 is 1.38 bits per heavy atom. The minimum Gasteiger partial charge on any atom is -0.411 e. The Morgan fingerprint density at radius 3 is 2.31 bits per heavy atom. The van der Waals surface area contributed by atoms with Gasteiger partial charge in [0.25, 0.3) is 0 Å². The predicted molar refractivity (Wildman–Crippen MR) is 56.6 cm³/mol. The quantitative estimate of drug-likeness (QED) is 0.526. The number of ether oxygens (including phenoxy) is 3. The molecule has 0 bridgehead atoms. The zero-order chi connectivity index (χ0) is 11.6. The van der Waals surface area contributed by atoms with Gasteiger partial charge in [0.05, 0.1) is 18.3 Å². The van der Waals surface area contributed by atoms with E-state index in [1.807, 2.05) is 13.8 Å². The topological polar surface area (TPSA) is 47.9 Å². The molecular weight excluding hydrogens is 385 g/mol. The molecule has 0 aromatic rings. The van der Waals surface area contributed by atoms with E-state index in [0.717, 1.165) is 0 Å². The van der Waals surface area contributed by atoms with Crippen LogP contribution in [0.3, 0.4) is 0 Å². The zero-order valence-electron chi connectivity index (χ0n) is 9.77. The summed E-state index contributed by atoms with van der Waals surface area (Å²) in [6, 6.07) is -0.631. The van der Waals surface area contributed by atoms with Gasteiger partial charge in [0.1, 0.15) is 14.0 Å². The Hall–Kier alpha value is 0.541. The monoisotopic (exact) mass is 405 g/mol. The molecule has 16 heavy (non-hydrogen) atoms. The molecule has 1 N–H and O–H groups in total. The third-order valence-corrected chi connectivity index (χ3v) is 2.78. The van der Waals surface area contributed by atoms with Gasteiger partial charge in [-0.1, -0.05) is 0 Å². The number of hydrogen-bond donors (Lipinski definition) is 1. The van der Waals surface area contributed by atoms with Gasteiger partial charge in [-0.2, -0.15) is 0 Å². The molecule has 93 valence electrons. The van der Waals surface area contributed by atoms with Crippen LogP contribution < -0.4 is 0 Å². The maximum absolute atomic E-state index is 9.70. The molecule has 6 heteroatoms. The molecule has 0 aliphatic carbocycles. The van der Waals surface area contributed by atoms with Crippen molar-refractivity contribution in [3.63, 3.8) is 0 Å². The molecule has 0 saturated carbocycles. The van der Waals surface area contributed by atoms with Crippen LogP contribution in [-0.2, 0) is 34.0 Å². The Labute approximate surface area is 111 Å². The van der Waals surface area contributed by atoms with Gasteiger partial charge < -0.3 is 26.2 Å². The van der Waals surface area contributed by atoms with E-state index in [1.165, 1.54) is 0 Å². The van der Waals surface area contributed by atoms with Gasteiger partial charge in [-0.05, 0) is 20.0 Å². The molecule has 0 aromatic heterocycles. The second-order valence-corrected chi connectivity index (χ2v) is 3.88. The first-order chi connectivity index (χ1) is 6.97. The van der Waals surface area contributed by atoms with Crippen molar-refractivity contribution in [3.8, 4) is 0 Å². The molecule has 1 aliphatic rings. The maximum Gasteiger partial charge on any atom is 1.00 e. The van der Waals surface area contributed by atoms with Crippen molar-refractivity contribution in [2.75, 3.05) is 7.11 Å². The number of methoxy groups -OCH3 is 1. The van der Waals surface area contributed by atoms with Crippen molar-refractivity contribution in [1.29, 1.82) is 0 Å². The minimum atomic E-state index is -0.786. The van der Waals surface area contributed by atoms with E-state index >= 15 is 0 Å². The summed E-state index contributed by atoms with van der Waals surface area (Å²) in [5, 5.41) is 9.70.